The van der Waals surface area contributed by atoms with Gasteiger partial charge < -0.3 is 15.5 Å². The lowest BCUT2D eigenvalue weighted by atomic mass is 10.1. The van der Waals surface area contributed by atoms with Crippen LogP contribution in [0.2, 0.25) is 0 Å². The Morgan fingerprint density at radius 2 is 1.75 bits per heavy atom. The van der Waals surface area contributed by atoms with Gasteiger partial charge in [-0.25, -0.2) is 9.78 Å². The number of carbonyl (C=O) groups is 1. The largest absolute Gasteiger partial charge is 0.416 e. The van der Waals surface area contributed by atoms with Gasteiger partial charge in [-0.05, 0) is 29.8 Å². The van der Waals surface area contributed by atoms with Crippen molar-refractivity contribution >= 4 is 28.3 Å². The maximum atomic E-state index is 12.6. The maximum absolute atomic E-state index is 12.6. The van der Waals surface area contributed by atoms with Crippen LogP contribution in [-0.4, -0.2) is 25.1 Å². The highest BCUT2D eigenvalue weighted by molar-refractivity contribution is 6.04. The summed E-state index contributed by atoms with van der Waals surface area (Å²) in [6.45, 7) is 0.110. The number of nitrogens with zero attached hydrogens (tertiary/aromatic N) is 2. The molecule has 0 saturated carbocycles. The van der Waals surface area contributed by atoms with Crippen LogP contribution in [0.15, 0.2) is 54.7 Å². The molecule has 3 rings (SSSR count). The first-order chi connectivity index (χ1) is 13.3. The molecule has 0 fully saturated rings. The van der Waals surface area contributed by atoms with E-state index in [0.717, 1.165) is 28.7 Å². The van der Waals surface area contributed by atoms with Crippen molar-refractivity contribution in [1.29, 1.82) is 0 Å². The number of carbonyl (C=O) groups excluding carboxylic acids is 1. The van der Waals surface area contributed by atoms with Crippen LogP contribution in [0.4, 0.5) is 29.5 Å². The SMILES string of the molecule is CN(C)c1nccc2c(NC(=O)NCc3ccc(C(F)(F)F)cc3)cccc12. The zero-order chi connectivity index (χ0) is 20.3. The second kappa shape index (κ2) is 7.75. The zero-order valence-electron chi connectivity index (χ0n) is 15.3. The van der Waals surface area contributed by atoms with E-state index in [4.69, 9.17) is 0 Å². The summed E-state index contributed by atoms with van der Waals surface area (Å²) in [7, 11) is 3.78. The summed E-state index contributed by atoms with van der Waals surface area (Å²) in [6.07, 6.45) is -2.71. The second-order valence-electron chi connectivity index (χ2n) is 6.43. The van der Waals surface area contributed by atoms with E-state index in [1.807, 2.05) is 37.2 Å². The van der Waals surface area contributed by atoms with Gasteiger partial charge >= 0.3 is 12.2 Å². The number of benzene rings is 2. The van der Waals surface area contributed by atoms with E-state index in [9.17, 15) is 18.0 Å². The fourth-order valence-corrected chi connectivity index (χ4v) is 2.82. The zero-order valence-corrected chi connectivity index (χ0v) is 15.3. The van der Waals surface area contributed by atoms with E-state index >= 15 is 0 Å². The molecule has 0 aliphatic carbocycles. The van der Waals surface area contributed by atoms with Crippen LogP contribution >= 0.6 is 0 Å². The predicted octanol–water partition coefficient (Wildman–Crippen LogP) is 4.64. The van der Waals surface area contributed by atoms with Gasteiger partial charge in [0.05, 0.1) is 11.3 Å². The molecule has 0 spiro atoms. The second-order valence-corrected chi connectivity index (χ2v) is 6.43. The molecule has 0 unspecified atom stereocenters. The number of rotatable bonds is 4. The van der Waals surface area contributed by atoms with Gasteiger partial charge in [0, 0.05) is 37.6 Å². The molecule has 2 aromatic carbocycles. The van der Waals surface area contributed by atoms with Crippen LogP contribution in [0.3, 0.4) is 0 Å². The van der Waals surface area contributed by atoms with Gasteiger partial charge in [0.15, 0.2) is 0 Å². The summed E-state index contributed by atoms with van der Waals surface area (Å²) in [5.74, 6) is 0.784. The lowest BCUT2D eigenvalue weighted by Crippen LogP contribution is -2.28. The number of anilines is 2. The molecular weight excluding hydrogens is 369 g/mol. The number of halogens is 3. The fourth-order valence-electron chi connectivity index (χ4n) is 2.82. The van der Waals surface area contributed by atoms with E-state index in [1.54, 1.807) is 12.3 Å². The highest BCUT2D eigenvalue weighted by Crippen LogP contribution is 2.30. The number of hydrogen-bond acceptors (Lipinski definition) is 3. The van der Waals surface area contributed by atoms with Crippen LogP contribution in [0.25, 0.3) is 10.8 Å². The van der Waals surface area contributed by atoms with Crippen LogP contribution in [0.1, 0.15) is 11.1 Å². The fraction of sp³-hybridized carbons (Fsp3) is 0.200. The maximum Gasteiger partial charge on any atom is 0.416 e. The van der Waals surface area contributed by atoms with Gasteiger partial charge in [-0.15, -0.1) is 0 Å². The Labute approximate surface area is 160 Å². The molecule has 0 atom stereocenters. The van der Waals surface area contributed by atoms with Crippen LogP contribution in [-0.2, 0) is 12.7 Å². The standard InChI is InChI=1S/C20H19F3N4O/c1-27(2)18-16-4-3-5-17(15(16)10-11-24-18)26-19(28)25-12-13-6-8-14(9-7-13)20(21,22)23/h3-11H,12H2,1-2H3,(H2,25,26,28). The molecule has 28 heavy (non-hydrogen) atoms. The van der Waals surface area contributed by atoms with Crippen molar-refractivity contribution in [2.45, 2.75) is 12.7 Å². The van der Waals surface area contributed by atoms with Crippen molar-refractivity contribution in [3.05, 3.63) is 65.9 Å². The number of amides is 2. The molecule has 2 amide bonds. The van der Waals surface area contributed by atoms with E-state index in [-0.39, 0.29) is 6.54 Å². The molecule has 0 radical (unpaired) electrons. The number of hydrogen-bond donors (Lipinski definition) is 2. The Bertz CT molecular complexity index is 985. The van der Waals surface area contributed by atoms with Gasteiger partial charge in [-0.3, -0.25) is 0 Å². The van der Waals surface area contributed by atoms with Crippen molar-refractivity contribution in [1.82, 2.24) is 10.3 Å². The smallest absolute Gasteiger partial charge is 0.362 e. The predicted molar refractivity (Wildman–Crippen MR) is 103 cm³/mol. The van der Waals surface area contributed by atoms with E-state index in [1.165, 1.54) is 12.1 Å². The molecule has 1 aromatic heterocycles. The van der Waals surface area contributed by atoms with Gasteiger partial charge in [-0.1, -0.05) is 24.3 Å². The summed E-state index contributed by atoms with van der Waals surface area (Å²) in [4.78, 5) is 18.5. The molecule has 0 saturated heterocycles. The molecule has 3 aromatic rings. The first-order valence-electron chi connectivity index (χ1n) is 8.52. The van der Waals surface area contributed by atoms with Gasteiger partial charge in [0.25, 0.3) is 0 Å². The van der Waals surface area contributed by atoms with Crippen molar-refractivity contribution < 1.29 is 18.0 Å². The molecule has 0 aliphatic rings. The van der Waals surface area contributed by atoms with Crippen LogP contribution in [0.5, 0.6) is 0 Å². The first-order valence-corrected chi connectivity index (χ1v) is 8.52. The third-order valence-corrected chi connectivity index (χ3v) is 4.19. The number of urea groups is 1. The molecule has 8 heteroatoms. The first kappa shape index (κ1) is 19.5. The Balaban J connectivity index is 1.69. The molecule has 146 valence electrons. The lowest BCUT2D eigenvalue weighted by molar-refractivity contribution is -0.137. The highest BCUT2D eigenvalue weighted by Gasteiger charge is 2.29. The van der Waals surface area contributed by atoms with Gasteiger partial charge in [0.2, 0.25) is 0 Å². The monoisotopic (exact) mass is 388 g/mol. The normalized spacial score (nSPS) is 11.3. The number of nitrogens with one attached hydrogen (secondary N) is 2. The third kappa shape index (κ3) is 4.33. The molecule has 5 nitrogen and oxygen atoms in total. The molecule has 2 N–H and O–H groups in total. The van der Waals surface area contributed by atoms with Crippen molar-refractivity contribution in [2.75, 3.05) is 24.3 Å². The van der Waals surface area contributed by atoms with Crippen molar-refractivity contribution in [3.8, 4) is 0 Å². The average Bonchev–Trinajstić information content (AvgIpc) is 2.65. The minimum absolute atomic E-state index is 0.110. The third-order valence-electron chi connectivity index (χ3n) is 4.19. The van der Waals surface area contributed by atoms with Crippen LogP contribution in [0, 0.1) is 0 Å². The Morgan fingerprint density at radius 1 is 1.04 bits per heavy atom. The van der Waals surface area contributed by atoms with E-state index in [0.29, 0.717) is 11.3 Å². The van der Waals surface area contributed by atoms with Crippen molar-refractivity contribution in [2.24, 2.45) is 0 Å². The molecular formula is C20H19F3N4O. The summed E-state index contributed by atoms with van der Waals surface area (Å²) in [6, 6.07) is 11.6. The number of aromatic nitrogens is 1. The lowest BCUT2D eigenvalue weighted by Gasteiger charge is -2.16. The van der Waals surface area contributed by atoms with Gasteiger partial charge in [-0.2, -0.15) is 13.2 Å². The average molecular weight is 388 g/mol. The summed E-state index contributed by atoms with van der Waals surface area (Å²) >= 11 is 0. The van der Waals surface area contributed by atoms with Gasteiger partial charge in [0.1, 0.15) is 5.82 Å². The molecule has 0 aliphatic heterocycles. The number of fused-ring (bicyclic) bond motifs is 1. The van der Waals surface area contributed by atoms with E-state index in [2.05, 4.69) is 15.6 Å². The number of pyridine rings is 1. The topological polar surface area (TPSA) is 57.3 Å². The quantitative estimate of drug-likeness (QED) is 0.685. The summed E-state index contributed by atoms with van der Waals surface area (Å²) in [5.41, 5.74) is 0.467. The minimum Gasteiger partial charge on any atom is -0.362 e. The number of alkyl halides is 3. The van der Waals surface area contributed by atoms with E-state index < -0.39 is 17.8 Å². The molecule has 0 bridgehead atoms. The Hall–Kier alpha value is -3.29. The Morgan fingerprint density at radius 3 is 2.39 bits per heavy atom. The minimum atomic E-state index is -4.38. The highest BCUT2D eigenvalue weighted by atomic mass is 19.4. The summed E-state index contributed by atoms with van der Waals surface area (Å²) < 4.78 is 37.8. The van der Waals surface area contributed by atoms with Crippen LogP contribution < -0.4 is 15.5 Å². The molecule has 1 heterocycles. The van der Waals surface area contributed by atoms with Crippen molar-refractivity contribution in [3.63, 3.8) is 0 Å². The Kier molecular flexibility index (Phi) is 5.39. The summed E-state index contributed by atoms with van der Waals surface area (Å²) in [5, 5.41) is 7.17.